The maximum Gasteiger partial charge on any atom is 0.249 e. The van der Waals surface area contributed by atoms with Gasteiger partial charge in [-0.1, -0.05) is 29.8 Å². The quantitative estimate of drug-likeness (QED) is 0.735. The molecule has 1 heterocycles. The van der Waals surface area contributed by atoms with Gasteiger partial charge in [-0.2, -0.15) is 0 Å². The molecule has 0 spiro atoms. The Morgan fingerprint density at radius 1 is 1.08 bits per heavy atom. The minimum absolute atomic E-state index is 0.104. The summed E-state index contributed by atoms with van der Waals surface area (Å²) in [5.41, 5.74) is 2.53. The van der Waals surface area contributed by atoms with Gasteiger partial charge >= 0.3 is 0 Å². The molecule has 130 valence electrons. The molecule has 8 heteroatoms. The van der Waals surface area contributed by atoms with Crippen molar-refractivity contribution in [3.63, 3.8) is 0 Å². The zero-order valence-electron chi connectivity index (χ0n) is 13.7. The predicted molar refractivity (Wildman–Crippen MR) is 94.7 cm³/mol. The highest BCUT2D eigenvalue weighted by molar-refractivity contribution is 7.89. The molecule has 0 unspecified atom stereocenters. The molecular formula is C17H16ClN3O3S. The Hall–Kier alpha value is -2.22. The average Bonchev–Trinajstić information content (AvgIpc) is 3.05. The summed E-state index contributed by atoms with van der Waals surface area (Å²) in [5.74, 6) is 0.397. The lowest BCUT2D eigenvalue weighted by atomic mass is 10.1. The third kappa shape index (κ3) is 3.89. The van der Waals surface area contributed by atoms with Crippen molar-refractivity contribution in [2.24, 2.45) is 0 Å². The Morgan fingerprint density at radius 2 is 1.84 bits per heavy atom. The summed E-state index contributed by atoms with van der Waals surface area (Å²) in [7, 11) is -3.67. The maximum atomic E-state index is 12.4. The number of benzene rings is 2. The molecule has 25 heavy (non-hydrogen) atoms. The second-order valence-electron chi connectivity index (χ2n) is 5.55. The van der Waals surface area contributed by atoms with Crippen molar-refractivity contribution in [1.82, 2.24) is 14.9 Å². The summed E-state index contributed by atoms with van der Waals surface area (Å²) < 4.78 is 32.7. The molecule has 3 aromatic rings. The van der Waals surface area contributed by atoms with E-state index in [2.05, 4.69) is 14.9 Å². The maximum absolute atomic E-state index is 12.4. The summed E-state index contributed by atoms with van der Waals surface area (Å²) in [6, 6.07) is 12.0. The smallest absolute Gasteiger partial charge is 0.249 e. The van der Waals surface area contributed by atoms with E-state index >= 15 is 0 Å². The van der Waals surface area contributed by atoms with Crippen LogP contribution in [0.15, 0.2) is 51.8 Å². The highest BCUT2D eigenvalue weighted by atomic mass is 35.5. The van der Waals surface area contributed by atoms with E-state index < -0.39 is 10.0 Å². The molecule has 2 aromatic carbocycles. The number of sulfonamides is 1. The first-order chi connectivity index (χ1) is 11.9. The molecule has 0 aliphatic carbocycles. The van der Waals surface area contributed by atoms with Gasteiger partial charge in [-0.15, -0.1) is 10.2 Å². The number of halogens is 1. The lowest BCUT2D eigenvalue weighted by Gasteiger charge is -2.07. The molecule has 0 aliphatic rings. The first-order valence-electron chi connectivity index (χ1n) is 7.51. The van der Waals surface area contributed by atoms with Crippen LogP contribution in [-0.2, 0) is 16.6 Å². The Labute approximate surface area is 150 Å². The van der Waals surface area contributed by atoms with Crippen molar-refractivity contribution >= 4 is 21.6 Å². The molecule has 0 amide bonds. The molecule has 1 N–H and O–H groups in total. The van der Waals surface area contributed by atoms with Crippen LogP contribution in [0.25, 0.3) is 11.5 Å². The van der Waals surface area contributed by atoms with Gasteiger partial charge in [0.25, 0.3) is 0 Å². The Kier molecular flexibility index (Phi) is 4.89. The molecular weight excluding hydrogens is 362 g/mol. The topological polar surface area (TPSA) is 85.1 Å². The molecule has 0 saturated heterocycles. The van der Waals surface area contributed by atoms with Crippen LogP contribution >= 0.6 is 11.6 Å². The number of nitrogens with one attached hydrogen (secondary N) is 1. The van der Waals surface area contributed by atoms with E-state index in [4.69, 9.17) is 16.0 Å². The summed E-state index contributed by atoms with van der Waals surface area (Å²) >= 11 is 6.09. The van der Waals surface area contributed by atoms with E-state index in [0.717, 1.165) is 11.1 Å². The molecule has 0 aliphatic heterocycles. The van der Waals surface area contributed by atoms with Gasteiger partial charge in [0.05, 0.1) is 22.0 Å². The van der Waals surface area contributed by atoms with Crippen molar-refractivity contribution in [3.8, 4) is 11.5 Å². The fourth-order valence-electron chi connectivity index (χ4n) is 2.19. The lowest BCUT2D eigenvalue weighted by molar-refractivity contribution is 0.494. The molecule has 6 nitrogen and oxygen atoms in total. The number of aryl methyl sites for hydroxylation is 2. The van der Waals surface area contributed by atoms with Crippen LogP contribution in [0.1, 0.15) is 17.0 Å². The summed E-state index contributed by atoms with van der Waals surface area (Å²) in [4.78, 5) is 0.196. The number of nitrogens with zero attached hydrogens (tertiary/aromatic N) is 2. The average molecular weight is 378 g/mol. The van der Waals surface area contributed by atoms with E-state index in [9.17, 15) is 8.42 Å². The number of rotatable bonds is 5. The van der Waals surface area contributed by atoms with Gasteiger partial charge in [0, 0.05) is 0 Å². The van der Waals surface area contributed by atoms with Gasteiger partial charge in [0.2, 0.25) is 21.8 Å². The van der Waals surface area contributed by atoms with Gasteiger partial charge in [0.1, 0.15) is 0 Å². The van der Waals surface area contributed by atoms with Crippen LogP contribution in [0, 0.1) is 13.8 Å². The third-order valence-electron chi connectivity index (χ3n) is 3.77. The van der Waals surface area contributed by atoms with Crippen molar-refractivity contribution in [1.29, 1.82) is 0 Å². The van der Waals surface area contributed by atoms with Gasteiger partial charge in [-0.3, -0.25) is 0 Å². The van der Waals surface area contributed by atoms with E-state index in [0.29, 0.717) is 10.6 Å². The van der Waals surface area contributed by atoms with Crippen LogP contribution in [0.3, 0.4) is 0 Å². The van der Waals surface area contributed by atoms with Crippen molar-refractivity contribution in [2.75, 3.05) is 0 Å². The normalized spacial score (nSPS) is 11.6. The van der Waals surface area contributed by atoms with Crippen LogP contribution in [0.2, 0.25) is 5.02 Å². The minimum atomic E-state index is -3.67. The van der Waals surface area contributed by atoms with Gasteiger partial charge < -0.3 is 4.42 Å². The Bertz CT molecular complexity index is 1020. The number of aromatic nitrogens is 2. The largest absolute Gasteiger partial charge is 0.419 e. The van der Waals surface area contributed by atoms with Crippen LogP contribution in [-0.4, -0.2) is 18.6 Å². The van der Waals surface area contributed by atoms with Crippen LogP contribution in [0.5, 0.6) is 0 Å². The fraction of sp³-hybridized carbons (Fsp3) is 0.176. The SMILES string of the molecule is Cc1ccc(S(=O)(=O)NCc2nnc(-c3ccccc3Cl)o2)cc1C. The van der Waals surface area contributed by atoms with Crippen LogP contribution < -0.4 is 4.72 Å². The van der Waals surface area contributed by atoms with Gasteiger partial charge in [-0.05, 0) is 49.2 Å². The molecule has 0 radical (unpaired) electrons. The summed E-state index contributed by atoms with van der Waals surface area (Å²) in [6.45, 7) is 3.68. The zero-order valence-corrected chi connectivity index (χ0v) is 15.2. The first-order valence-corrected chi connectivity index (χ1v) is 9.37. The Morgan fingerprint density at radius 3 is 2.56 bits per heavy atom. The third-order valence-corrected chi connectivity index (χ3v) is 5.50. The molecule has 0 atom stereocenters. The monoisotopic (exact) mass is 377 g/mol. The number of hydrogen-bond donors (Lipinski definition) is 1. The van der Waals surface area contributed by atoms with E-state index in [1.165, 1.54) is 0 Å². The van der Waals surface area contributed by atoms with E-state index in [1.54, 1.807) is 42.5 Å². The molecule has 0 fully saturated rings. The Balaban J connectivity index is 1.75. The molecule has 1 aromatic heterocycles. The minimum Gasteiger partial charge on any atom is -0.419 e. The van der Waals surface area contributed by atoms with Gasteiger partial charge in [0.15, 0.2) is 0 Å². The second-order valence-corrected chi connectivity index (χ2v) is 7.73. The van der Waals surface area contributed by atoms with Crippen molar-refractivity contribution in [3.05, 3.63) is 64.5 Å². The van der Waals surface area contributed by atoms with Crippen molar-refractivity contribution < 1.29 is 12.8 Å². The van der Waals surface area contributed by atoms with E-state index in [-0.39, 0.29) is 23.2 Å². The lowest BCUT2D eigenvalue weighted by Crippen LogP contribution is -2.23. The number of hydrogen-bond acceptors (Lipinski definition) is 5. The first kappa shape index (κ1) is 17.6. The molecule has 0 saturated carbocycles. The van der Waals surface area contributed by atoms with Crippen molar-refractivity contribution in [2.45, 2.75) is 25.3 Å². The molecule has 3 rings (SSSR count). The second kappa shape index (κ2) is 6.95. The van der Waals surface area contributed by atoms with Crippen LogP contribution in [0.4, 0.5) is 0 Å². The predicted octanol–water partition coefficient (Wildman–Crippen LogP) is 3.49. The highest BCUT2D eigenvalue weighted by Gasteiger charge is 2.17. The highest BCUT2D eigenvalue weighted by Crippen LogP contribution is 2.26. The summed E-state index contributed by atoms with van der Waals surface area (Å²) in [5, 5.41) is 8.25. The van der Waals surface area contributed by atoms with Gasteiger partial charge in [-0.25, -0.2) is 13.1 Å². The van der Waals surface area contributed by atoms with E-state index in [1.807, 2.05) is 13.8 Å². The molecule has 0 bridgehead atoms. The standard InChI is InChI=1S/C17H16ClN3O3S/c1-11-7-8-13(9-12(11)2)25(22,23)19-10-16-20-21-17(24-16)14-5-3-4-6-15(14)18/h3-9,19H,10H2,1-2H3. The fourth-order valence-corrected chi connectivity index (χ4v) is 3.47. The zero-order chi connectivity index (χ0) is 18.0. The summed E-state index contributed by atoms with van der Waals surface area (Å²) in [6.07, 6.45) is 0.